The van der Waals surface area contributed by atoms with E-state index in [0.29, 0.717) is 5.69 Å². The number of carbonyl (C=O) groups excluding carboxylic acids is 2. The average molecular weight is 453 g/mol. The molecule has 2 aromatic carbocycles. The van der Waals surface area contributed by atoms with Crippen molar-refractivity contribution in [1.29, 1.82) is 0 Å². The Morgan fingerprint density at radius 3 is 2.16 bits per heavy atom. The Balaban J connectivity index is 2.05. The van der Waals surface area contributed by atoms with E-state index < -0.39 is 46.0 Å². The van der Waals surface area contributed by atoms with Crippen LogP contribution in [-0.2, 0) is 30.8 Å². The zero-order valence-corrected chi connectivity index (χ0v) is 18.1. The van der Waals surface area contributed by atoms with Gasteiger partial charge < -0.3 is 15.2 Å². The fraction of sp³-hybridized carbons (Fsp3) is 0.333. The third-order valence-electron chi connectivity index (χ3n) is 4.43. The van der Waals surface area contributed by atoms with Gasteiger partial charge in [-0.3, -0.25) is 9.59 Å². The van der Waals surface area contributed by atoms with Crippen molar-refractivity contribution < 1.29 is 32.2 Å². The van der Waals surface area contributed by atoms with Crippen molar-refractivity contribution >= 4 is 27.6 Å². The number of anilines is 1. The molecule has 31 heavy (non-hydrogen) atoms. The highest BCUT2D eigenvalue weighted by Gasteiger charge is 2.33. The number of esters is 1. The topological polar surface area (TPSA) is 122 Å². The fourth-order valence-electron chi connectivity index (χ4n) is 2.56. The minimum absolute atomic E-state index is 0.298. The van der Waals surface area contributed by atoms with Gasteiger partial charge in [-0.25, -0.2) is 12.8 Å². The fourth-order valence-corrected chi connectivity index (χ4v) is 3.82. The number of benzene rings is 2. The minimum atomic E-state index is -4.26. The van der Waals surface area contributed by atoms with Crippen molar-refractivity contribution in [2.75, 3.05) is 5.32 Å². The number of sulfonamides is 1. The Kier molecular flexibility index (Phi) is 8.26. The van der Waals surface area contributed by atoms with Gasteiger partial charge in [0.1, 0.15) is 11.9 Å². The summed E-state index contributed by atoms with van der Waals surface area (Å²) in [6.45, 7) is 4.51. The summed E-state index contributed by atoms with van der Waals surface area (Å²) in [6.07, 6.45) is -1.87. The maximum atomic E-state index is 13.0. The number of aliphatic hydroxyl groups is 1. The highest BCUT2D eigenvalue weighted by Crippen LogP contribution is 2.14. The molecule has 10 heteroatoms. The highest BCUT2D eigenvalue weighted by atomic mass is 32.2. The lowest BCUT2D eigenvalue weighted by atomic mass is 10.1. The van der Waals surface area contributed by atoms with Gasteiger partial charge in [-0.15, -0.1) is 0 Å². The van der Waals surface area contributed by atoms with Crippen LogP contribution in [-0.4, -0.2) is 43.7 Å². The summed E-state index contributed by atoms with van der Waals surface area (Å²) in [6, 6.07) is 9.37. The van der Waals surface area contributed by atoms with Gasteiger partial charge in [0.25, 0.3) is 5.91 Å². The Morgan fingerprint density at radius 2 is 1.65 bits per heavy atom. The summed E-state index contributed by atoms with van der Waals surface area (Å²) in [4.78, 5) is 24.5. The lowest BCUT2D eigenvalue weighted by molar-refractivity contribution is -0.157. The van der Waals surface area contributed by atoms with Crippen LogP contribution in [0.5, 0.6) is 0 Å². The molecule has 0 saturated carbocycles. The maximum absolute atomic E-state index is 13.0. The number of rotatable bonds is 9. The Morgan fingerprint density at radius 1 is 1.06 bits per heavy atom. The summed E-state index contributed by atoms with van der Waals surface area (Å²) in [5.41, 5.74) is 1.60. The van der Waals surface area contributed by atoms with Crippen molar-refractivity contribution in [2.24, 2.45) is 0 Å². The molecule has 8 nitrogen and oxygen atoms in total. The normalized spacial score (nSPS) is 14.4. The van der Waals surface area contributed by atoms with Gasteiger partial charge in [-0.1, -0.05) is 19.1 Å². The number of ether oxygens (including phenoxy) is 1. The van der Waals surface area contributed by atoms with Crippen molar-refractivity contribution in [3.63, 3.8) is 0 Å². The molecule has 0 unspecified atom stereocenters. The van der Waals surface area contributed by atoms with E-state index in [9.17, 15) is 27.5 Å². The Bertz CT molecular complexity index is 1010. The molecule has 0 fully saturated rings. The first kappa shape index (κ1) is 24.4. The molecule has 0 aromatic heterocycles. The lowest BCUT2D eigenvalue weighted by Crippen LogP contribution is -2.49. The van der Waals surface area contributed by atoms with Gasteiger partial charge >= 0.3 is 5.97 Å². The third kappa shape index (κ3) is 6.84. The first-order valence-electron chi connectivity index (χ1n) is 9.59. The first-order chi connectivity index (χ1) is 14.5. The van der Waals surface area contributed by atoms with Crippen molar-refractivity contribution in [2.45, 2.75) is 50.3 Å². The van der Waals surface area contributed by atoms with Gasteiger partial charge in [0.05, 0.1) is 11.0 Å². The molecule has 0 aliphatic carbocycles. The van der Waals surface area contributed by atoms with Crippen LogP contribution in [0.3, 0.4) is 0 Å². The summed E-state index contributed by atoms with van der Waals surface area (Å²) >= 11 is 0. The zero-order chi connectivity index (χ0) is 23.2. The molecule has 0 radical (unpaired) electrons. The molecular formula is C21H25FN2O6S. The van der Waals surface area contributed by atoms with Gasteiger partial charge in [-0.2, -0.15) is 4.72 Å². The molecule has 1 amide bonds. The van der Waals surface area contributed by atoms with Crippen LogP contribution in [0, 0.1) is 5.82 Å². The Hall–Kier alpha value is -2.82. The van der Waals surface area contributed by atoms with E-state index in [1.165, 1.54) is 13.8 Å². The van der Waals surface area contributed by atoms with Gasteiger partial charge in [0.2, 0.25) is 10.0 Å². The van der Waals surface area contributed by atoms with Crippen molar-refractivity contribution in [3.8, 4) is 0 Å². The number of aliphatic hydroxyl groups excluding tert-OH is 1. The molecule has 2 aromatic rings. The Labute approximate surface area is 180 Å². The van der Waals surface area contributed by atoms with E-state index in [-0.39, 0.29) is 4.90 Å². The predicted molar refractivity (Wildman–Crippen MR) is 112 cm³/mol. The third-order valence-corrected chi connectivity index (χ3v) is 5.89. The summed E-state index contributed by atoms with van der Waals surface area (Å²) in [7, 11) is -4.26. The molecule has 168 valence electrons. The standard InChI is InChI=1S/C21H25FN2O6S/c1-4-15-5-9-17(10-6-15)23-20(26)14(3)30-21(27)19(13(2)25)24-31(28,29)18-11-7-16(22)8-12-18/h5-14,19,24-25H,4H2,1-3H3,(H,23,26)/t13-,14-,19+/m1/s1. The number of halogens is 1. The van der Waals surface area contributed by atoms with Crippen LogP contribution in [0.1, 0.15) is 26.3 Å². The van der Waals surface area contributed by atoms with Crippen LogP contribution in [0.25, 0.3) is 0 Å². The maximum Gasteiger partial charge on any atom is 0.327 e. The van der Waals surface area contributed by atoms with E-state index in [1.807, 2.05) is 23.8 Å². The number of aryl methyl sites for hydroxylation is 1. The number of hydrogen-bond acceptors (Lipinski definition) is 6. The lowest BCUT2D eigenvalue weighted by Gasteiger charge is -2.22. The smallest absolute Gasteiger partial charge is 0.327 e. The predicted octanol–water partition coefficient (Wildman–Crippen LogP) is 1.99. The highest BCUT2D eigenvalue weighted by molar-refractivity contribution is 7.89. The number of nitrogens with one attached hydrogen (secondary N) is 2. The molecule has 0 saturated heterocycles. The molecule has 0 aliphatic heterocycles. The first-order valence-corrected chi connectivity index (χ1v) is 11.1. The molecule has 3 atom stereocenters. The zero-order valence-electron chi connectivity index (χ0n) is 17.3. The van der Waals surface area contributed by atoms with Gasteiger partial charge in [-0.05, 0) is 62.2 Å². The molecule has 0 aliphatic rings. The summed E-state index contributed by atoms with van der Waals surface area (Å²) in [5.74, 6) is -2.39. The monoisotopic (exact) mass is 452 g/mol. The summed E-state index contributed by atoms with van der Waals surface area (Å²) < 4.78 is 45.0. The number of carbonyl (C=O) groups is 2. The number of amides is 1. The second kappa shape index (κ2) is 10.5. The van der Waals surface area contributed by atoms with Crippen LogP contribution in [0.2, 0.25) is 0 Å². The van der Waals surface area contributed by atoms with Crippen molar-refractivity contribution in [1.82, 2.24) is 4.72 Å². The van der Waals surface area contributed by atoms with Crippen molar-refractivity contribution in [3.05, 3.63) is 59.9 Å². The second-order valence-corrected chi connectivity index (χ2v) is 8.63. The quantitative estimate of drug-likeness (QED) is 0.500. The van der Waals surface area contributed by atoms with Gasteiger partial charge in [0.15, 0.2) is 6.10 Å². The number of hydrogen-bond donors (Lipinski definition) is 3. The summed E-state index contributed by atoms with van der Waals surface area (Å²) in [5, 5.41) is 12.5. The van der Waals surface area contributed by atoms with Crippen LogP contribution >= 0.6 is 0 Å². The average Bonchev–Trinajstić information content (AvgIpc) is 2.72. The second-order valence-electron chi connectivity index (χ2n) is 6.91. The van der Waals surface area contributed by atoms with E-state index in [4.69, 9.17) is 4.74 Å². The SMILES string of the molecule is CCc1ccc(NC(=O)[C@@H](C)OC(=O)[C@@H](NS(=O)(=O)c2ccc(F)cc2)[C@@H](C)O)cc1. The molecule has 2 rings (SSSR count). The van der Waals surface area contributed by atoms with E-state index in [2.05, 4.69) is 5.32 Å². The molecular weight excluding hydrogens is 427 g/mol. The minimum Gasteiger partial charge on any atom is -0.451 e. The van der Waals surface area contributed by atoms with Crippen LogP contribution in [0.15, 0.2) is 53.4 Å². The van der Waals surface area contributed by atoms with Crippen LogP contribution in [0.4, 0.5) is 10.1 Å². The van der Waals surface area contributed by atoms with E-state index >= 15 is 0 Å². The molecule has 3 N–H and O–H groups in total. The molecule has 0 heterocycles. The molecule has 0 spiro atoms. The van der Waals surface area contributed by atoms with Gasteiger partial charge in [0, 0.05) is 5.69 Å². The largest absolute Gasteiger partial charge is 0.451 e. The van der Waals surface area contributed by atoms with Crippen LogP contribution < -0.4 is 10.0 Å². The van der Waals surface area contributed by atoms with E-state index in [0.717, 1.165) is 36.2 Å². The molecule has 0 bridgehead atoms. The van der Waals surface area contributed by atoms with E-state index in [1.54, 1.807) is 12.1 Å².